The standard InChI is InChI=1S/C29H26N2O4/c1-21(32)30-25-9-5-6-23(18-25)20-34-26-14-16-28(17-15-26)35-27-12-10-22(11-13-27)19-29(33)31-24-7-3-2-4-8-24/h2-18H,19-20H2,1H3,(H,30,32)(H,31,33). The molecular formula is C29H26N2O4. The van der Waals surface area contributed by atoms with Crippen LogP contribution in [0.15, 0.2) is 103 Å². The van der Waals surface area contributed by atoms with Crippen molar-refractivity contribution in [1.82, 2.24) is 0 Å². The normalized spacial score (nSPS) is 10.3. The number of rotatable bonds is 9. The van der Waals surface area contributed by atoms with Gasteiger partial charge in [0.1, 0.15) is 23.9 Å². The molecule has 2 N–H and O–H groups in total. The van der Waals surface area contributed by atoms with Gasteiger partial charge >= 0.3 is 0 Å². The fourth-order valence-electron chi connectivity index (χ4n) is 3.44. The molecule has 0 aliphatic heterocycles. The molecule has 0 saturated heterocycles. The smallest absolute Gasteiger partial charge is 0.228 e. The Balaban J connectivity index is 1.27. The van der Waals surface area contributed by atoms with Crippen LogP contribution in [0.1, 0.15) is 18.1 Å². The Bertz CT molecular complexity index is 1270. The predicted octanol–water partition coefficient (Wildman–Crippen LogP) is 6.20. The van der Waals surface area contributed by atoms with E-state index < -0.39 is 0 Å². The number of hydrogen-bond donors (Lipinski definition) is 2. The zero-order valence-electron chi connectivity index (χ0n) is 19.4. The molecule has 0 heterocycles. The van der Waals surface area contributed by atoms with Crippen LogP contribution < -0.4 is 20.1 Å². The molecule has 176 valence electrons. The van der Waals surface area contributed by atoms with Crippen molar-refractivity contribution < 1.29 is 19.1 Å². The third-order valence-corrected chi connectivity index (χ3v) is 5.06. The molecule has 4 aromatic rings. The van der Waals surface area contributed by atoms with Gasteiger partial charge in [-0.3, -0.25) is 9.59 Å². The minimum atomic E-state index is -0.109. The molecular weight excluding hydrogens is 440 g/mol. The van der Waals surface area contributed by atoms with Crippen molar-refractivity contribution in [3.63, 3.8) is 0 Å². The second-order valence-electron chi connectivity index (χ2n) is 7.98. The molecule has 0 aliphatic rings. The lowest BCUT2D eigenvalue weighted by molar-refractivity contribution is -0.116. The van der Waals surface area contributed by atoms with Gasteiger partial charge in [-0.25, -0.2) is 0 Å². The largest absolute Gasteiger partial charge is 0.489 e. The summed E-state index contributed by atoms with van der Waals surface area (Å²) in [6, 6.07) is 31.7. The van der Waals surface area contributed by atoms with E-state index in [0.717, 1.165) is 22.5 Å². The maximum atomic E-state index is 12.2. The second kappa shape index (κ2) is 11.5. The van der Waals surface area contributed by atoms with Crippen molar-refractivity contribution >= 4 is 23.2 Å². The van der Waals surface area contributed by atoms with Gasteiger partial charge in [0.25, 0.3) is 0 Å². The van der Waals surface area contributed by atoms with E-state index in [1.165, 1.54) is 6.92 Å². The summed E-state index contributed by atoms with van der Waals surface area (Å²) in [4.78, 5) is 23.4. The summed E-state index contributed by atoms with van der Waals surface area (Å²) in [5.74, 6) is 1.89. The SMILES string of the molecule is CC(=O)Nc1cccc(COc2ccc(Oc3ccc(CC(=O)Nc4ccccc4)cc3)cc2)c1. The van der Waals surface area contributed by atoms with Gasteiger partial charge in [0, 0.05) is 18.3 Å². The molecule has 0 bridgehead atoms. The highest BCUT2D eigenvalue weighted by Crippen LogP contribution is 2.25. The maximum Gasteiger partial charge on any atom is 0.228 e. The highest BCUT2D eigenvalue weighted by Gasteiger charge is 2.06. The Hall–Kier alpha value is -4.58. The summed E-state index contributed by atoms with van der Waals surface area (Å²) >= 11 is 0. The van der Waals surface area contributed by atoms with Crippen LogP contribution in [0.5, 0.6) is 17.2 Å². The van der Waals surface area contributed by atoms with Crippen LogP contribution in [0.2, 0.25) is 0 Å². The van der Waals surface area contributed by atoms with E-state index in [1.807, 2.05) is 103 Å². The Kier molecular flexibility index (Phi) is 7.76. The number of para-hydroxylation sites is 1. The van der Waals surface area contributed by atoms with Gasteiger partial charge in [0.05, 0.1) is 6.42 Å². The van der Waals surface area contributed by atoms with Gasteiger partial charge in [0.2, 0.25) is 11.8 Å². The molecule has 0 aliphatic carbocycles. The lowest BCUT2D eigenvalue weighted by Gasteiger charge is -2.10. The Morgan fingerprint density at radius 3 is 1.97 bits per heavy atom. The first-order valence-electron chi connectivity index (χ1n) is 11.2. The monoisotopic (exact) mass is 466 g/mol. The summed E-state index contributed by atoms with van der Waals surface area (Å²) in [6.45, 7) is 1.86. The number of amides is 2. The van der Waals surface area contributed by atoms with Gasteiger partial charge in [-0.05, 0) is 71.8 Å². The third-order valence-electron chi connectivity index (χ3n) is 5.06. The van der Waals surface area contributed by atoms with Crippen LogP contribution in [-0.4, -0.2) is 11.8 Å². The topological polar surface area (TPSA) is 76.7 Å². The summed E-state index contributed by atoms with van der Waals surface area (Å²) < 4.78 is 11.8. The molecule has 0 radical (unpaired) electrons. The van der Waals surface area contributed by atoms with Crippen molar-refractivity contribution in [1.29, 1.82) is 0 Å². The highest BCUT2D eigenvalue weighted by atomic mass is 16.5. The molecule has 0 spiro atoms. The average Bonchev–Trinajstić information content (AvgIpc) is 2.85. The quantitative estimate of drug-likeness (QED) is 0.308. The van der Waals surface area contributed by atoms with E-state index in [-0.39, 0.29) is 18.2 Å². The molecule has 4 aromatic carbocycles. The number of carbonyl (C=O) groups excluding carboxylic acids is 2. The lowest BCUT2D eigenvalue weighted by Crippen LogP contribution is -2.14. The van der Waals surface area contributed by atoms with E-state index in [1.54, 1.807) is 0 Å². The van der Waals surface area contributed by atoms with Gasteiger partial charge in [-0.2, -0.15) is 0 Å². The number of hydrogen-bond acceptors (Lipinski definition) is 4. The fraction of sp³-hybridized carbons (Fsp3) is 0.103. The zero-order valence-corrected chi connectivity index (χ0v) is 19.4. The van der Waals surface area contributed by atoms with Crippen molar-refractivity contribution in [2.45, 2.75) is 20.0 Å². The van der Waals surface area contributed by atoms with E-state index in [9.17, 15) is 9.59 Å². The van der Waals surface area contributed by atoms with Crippen LogP contribution in [-0.2, 0) is 22.6 Å². The van der Waals surface area contributed by atoms with Crippen LogP contribution in [0.4, 0.5) is 11.4 Å². The number of ether oxygens (including phenoxy) is 2. The van der Waals surface area contributed by atoms with Crippen LogP contribution in [0, 0.1) is 0 Å². The second-order valence-corrected chi connectivity index (χ2v) is 7.98. The maximum absolute atomic E-state index is 12.2. The summed E-state index contributed by atoms with van der Waals surface area (Å²) in [5.41, 5.74) is 3.37. The minimum Gasteiger partial charge on any atom is -0.489 e. The summed E-state index contributed by atoms with van der Waals surface area (Å²) in [7, 11) is 0. The van der Waals surface area contributed by atoms with E-state index in [2.05, 4.69) is 10.6 Å². The van der Waals surface area contributed by atoms with Crippen molar-refractivity contribution in [2.75, 3.05) is 10.6 Å². The Morgan fingerprint density at radius 1 is 0.657 bits per heavy atom. The molecule has 2 amide bonds. The highest BCUT2D eigenvalue weighted by molar-refractivity contribution is 5.92. The fourth-order valence-corrected chi connectivity index (χ4v) is 3.44. The van der Waals surface area contributed by atoms with E-state index in [4.69, 9.17) is 9.47 Å². The first kappa shape index (κ1) is 23.6. The first-order chi connectivity index (χ1) is 17.0. The average molecular weight is 467 g/mol. The minimum absolute atomic E-state index is 0.0673. The summed E-state index contributed by atoms with van der Waals surface area (Å²) in [5, 5.41) is 5.65. The lowest BCUT2D eigenvalue weighted by atomic mass is 10.1. The molecule has 0 atom stereocenters. The zero-order chi connectivity index (χ0) is 24.5. The number of carbonyl (C=O) groups is 2. The molecule has 35 heavy (non-hydrogen) atoms. The Labute approximate surface area is 204 Å². The van der Waals surface area contributed by atoms with E-state index in [0.29, 0.717) is 23.9 Å². The molecule has 4 rings (SSSR count). The molecule has 0 aromatic heterocycles. The molecule has 0 unspecified atom stereocenters. The summed E-state index contributed by atoms with van der Waals surface area (Å²) in [6.07, 6.45) is 0.287. The Morgan fingerprint density at radius 2 is 1.29 bits per heavy atom. The van der Waals surface area contributed by atoms with Crippen molar-refractivity contribution in [2.24, 2.45) is 0 Å². The molecule has 0 fully saturated rings. The van der Waals surface area contributed by atoms with Crippen LogP contribution in [0.3, 0.4) is 0 Å². The predicted molar refractivity (Wildman–Crippen MR) is 137 cm³/mol. The van der Waals surface area contributed by atoms with Gasteiger partial charge in [0.15, 0.2) is 0 Å². The molecule has 6 heteroatoms. The van der Waals surface area contributed by atoms with Crippen LogP contribution in [0.25, 0.3) is 0 Å². The van der Waals surface area contributed by atoms with Crippen molar-refractivity contribution in [3.05, 3.63) is 114 Å². The van der Waals surface area contributed by atoms with Crippen molar-refractivity contribution in [3.8, 4) is 17.2 Å². The number of nitrogens with one attached hydrogen (secondary N) is 2. The van der Waals surface area contributed by atoms with Gasteiger partial charge < -0.3 is 20.1 Å². The van der Waals surface area contributed by atoms with Gasteiger partial charge in [-0.15, -0.1) is 0 Å². The number of benzene rings is 4. The van der Waals surface area contributed by atoms with E-state index >= 15 is 0 Å². The third kappa shape index (κ3) is 7.47. The molecule has 6 nitrogen and oxygen atoms in total. The van der Waals surface area contributed by atoms with Crippen LogP contribution >= 0.6 is 0 Å². The first-order valence-corrected chi connectivity index (χ1v) is 11.2. The molecule has 0 saturated carbocycles. The number of anilines is 2. The van der Waals surface area contributed by atoms with Gasteiger partial charge in [-0.1, -0.05) is 42.5 Å².